The van der Waals surface area contributed by atoms with Gasteiger partial charge in [-0.25, -0.2) is 0 Å². The zero-order valence-corrected chi connectivity index (χ0v) is 13.3. The normalized spacial score (nSPS) is 14.5. The van der Waals surface area contributed by atoms with Crippen molar-refractivity contribution in [2.75, 3.05) is 23.3 Å². The highest BCUT2D eigenvalue weighted by Gasteiger charge is 2.11. The van der Waals surface area contributed by atoms with Crippen LogP contribution in [0.2, 0.25) is 10.0 Å². The summed E-state index contributed by atoms with van der Waals surface area (Å²) >= 11 is 12.0. The highest BCUT2D eigenvalue weighted by atomic mass is 35.5. The molecule has 2 nitrogen and oxygen atoms in total. The fourth-order valence-corrected chi connectivity index (χ4v) is 3.19. The molecule has 0 atom stereocenters. The first-order valence-corrected chi connectivity index (χ1v) is 8.00. The molecule has 1 fully saturated rings. The fourth-order valence-electron chi connectivity index (χ4n) is 2.66. The maximum atomic E-state index is 6.00. The predicted molar refractivity (Wildman–Crippen MR) is 91.7 cm³/mol. The third-order valence-corrected chi connectivity index (χ3v) is 4.20. The van der Waals surface area contributed by atoms with Crippen LogP contribution in [0.1, 0.15) is 18.4 Å². The van der Waals surface area contributed by atoms with Crippen LogP contribution in [-0.4, -0.2) is 13.1 Å². The van der Waals surface area contributed by atoms with E-state index in [1.165, 1.54) is 37.2 Å². The number of nitrogens with zero attached hydrogens (tertiary/aromatic N) is 1. The van der Waals surface area contributed by atoms with Gasteiger partial charge >= 0.3 is 0 Å². The lowest BCUT2D eigenvalue weighted by atomic mass is 10.2. The topological polar surface area (TPSA) is 15.3 Å². The smallest absolute Gasteiger partial charge is 0.0441 e. The van der Waals surface area contributed by atoms with Crippen molar-refractivity contribution in [3.05, 3.63) is 58.1 Å². The molecule has 0 unspecified atom stereocenters. The lowest BCUT2D eigenvalue weighted by Crippen LogP contribution is -2.17. The Balaban J connectivity index is 1.62. The Morgan fingerprint density at radius 2 is 1.52 bits per heavy atom. The molecule has 1 aliphatic rings. The minimum atomic E-state index is 0.648. The zero-order valence-electron chi connectivity index (χ0n) is 11.8. The van der Waals surface area contributed by atoms with Crippen LogP contribution in [0.3, 0.4) is 0 Å². The van der Waals surface area contributed by atoms with E-state index in [0.717, 1.165) is 12.2 Å². The van der Waals surface area contributed by atoms with Crippen molar-refractivity contribution < 1.29 is 0 Å². The van der Waals surface area contributed by atoms with Crippen molar-refractivity contribution in [2.45, 2.75) is 19.4 Å². The molecule has 21 heavy (non-hydrogen) atoms. The van der Waals surface area contributed by atoms with E-state index in [1.54, 1.807) is 6.07 Å². The lowest BCUT2D eigenvalue weighted by Gasteiger charge is -2.17. The molecule has 0 radical (unpaired) electrons. The average Bonchev–Trinajstić information content (AvgIpc) is 2.99. The van der Waals surface area contributed by atoms with E-state index >= 15 is 0 Å². The maximum Gasteiger partial charge on any atom is 0.0441 e. The molecule has 0 aromatic heterocycles. The first kappa shape index (κ1) is 14.6. The van der Waals surface area contributed by atoms with E-state index in [2.05, 4.69) is 34.5 Å². The van der Waals surface area contributed by atoms with Gasteiger partial charge in [-0.3, -0.25) is 0 Å². The van der Waals surface area contributed by atoms with Crippen LogP contribution in [0.15, 0.2) is 42.5 Å². The standard InChI is InChI=1S/C17H18Cl2N2/c18-14-9-15(19)11-16(10-14)20-12-13-3-5-17(6-4-13)21-7-1-2-8-21/h3-6,9-11,20H,1-2,7-8,12H2. The Hall–Kier alpha value is -1.38. The van der Waals surface area contributed by atoms with Gasteiger partial charge in [0.1, 0.15) is 0 Å². The minimum Gasteiger partial charge on any atom is -0.381 e. The van der Waals surface area contributed by atoms with Crippen LogP contribution in [-0.2, 0) is 6.54 Å². The van der Waals surface area contributed by atoms with Crippen LogP contribution in [0.25, 0.3) is 0 Å². The van der Waals surface area contributed by atoms with E-state index in [1.807, 2.05) is 12.1 Å². The molecule has 1 N–H and O–H groups in total. The van der Waals surface area contributed by atoms with Gasteiger partial charge in [0.2, 0.25) is 0 Å². The molecular weight excluding hydrogens is 303 g/mol. The number of hydrogen-bond donors (Lipinski definition) is 1. The van der Waals surface area contributed by atoms with Crippen LogP contribution >= 0.6 is 23.2 Å². The number of halogens is 2. The van der Waals surface area contributed by atoms with Crippen molar-refractivity contribution in [3.8, 4) is 0 Å². The Kier molecular flexibility index (Phi) is 4.57. The van der Waals surface area contributed by atoms with Gasteiger partial charge in [0.15, 0.2) is 0 Å². The summed E-state index contributed by atoms with van der Waals surface area (Å²) in [5.41, 5.74) is 3.51. The second-order valence-corrected chi connectivity index (χ2v) is 6.25. The minimum absolute atomic E-state index is 0.648. The summed E-state index contributed by atoms with van der Waals surface area (Å²) < 4.78 is 0. The maximum absolute atomic E-state index is 6.00. The molecule has 2 aromatic carbocycles. The molecule has 4 heteroatoms. The summed E-state index contributed by atoms with van der Waals surface area (Å²) in [7, 11) is 0. The van der Waals surface area contributed by atoms with Crippen molar-refractivity contribution >= 4 is 34.6 Å². The summed E-state index contributed by atoms with van der Waals surface area (Å²) in [6, 6.07) is 14.2. The monoisotopic (exact) mass is 320 g/mol. The first-order chi connectivity index (χ1) is 10.2. The Morgan fingerprint density at radius 1 is 0.905 bits per heavy atom. The van der Waals surface area contributed by atoms with Gasteiger partial charge in [0, 0.05) is 41.1 Å². The SMILES string of the molecule is Clc1cc(Cl)cc(NCc2ccc(N3CCCC3)cc2)c1. The molecular formula is C17H18Cl2N2. The molecule has 0 saturated carbocycles. The van der Waals surface area contributed by atoms with Crippen LogP contribution in [0.4, 0.5) is 11.4 Å². The quantitative estimate of drug-likeness (QED) is 0.832. The van der Waals surface area contributed by atoms with E-state index < -0.39 is 0 Å². The molecule has 1 heterocycles. The number of anilines is 2. The molecule has 3 rings (SSSR count). The van der Waals surface area contributed by atoms with Crippen LogP contribution in [0.5, 0.6) is 0 Å². The van der Waals surface area contributed by atoms with Gasteiger partial charge in [-0.1, -0.05) is 35.3 Å². The molecule has 1 aliphatic heterocycles. The molecule has 2 aromatic rings. The summed E-state index contributed by atoms with van der Waals surface area (Å²) in [5, 5.41) is 4.64. The van der Waals surface area contributed by atoms with Crippen LogP contribution < -0.4 is 10.2 Å². The number of nitrogens with one attached hydrogen (secondary N) is 1. The molecule has 0 aliphatic carbocycles. The van der Waals surface area contributed by atoms with E-state index in [0.29, 0.717) is 10.0 Å². The average molecular weight is 321 g/mol. The lowest BCUT2D eigenvalue weighted by molar-refractivity contribution is 0.949. The van der Waals surface area contributed by atoms with Gasteiger partial charge < -0.3 is 10.2 Å². The molecule has 0 bridgehead atoms. The Bertz CT molecular complexity index is 584. The third kappa shape index (κ3) is 3.84. The van der Waals surface area contributed by atoms with Crippen molar-refractivity contribution in [1.82, 2.24) is 0 Å². The van der Waals surface area contributed by atoms with Crippen molar-refractivity contribution in [3.63, 3.8) is 0 Å². The second kappa shape index (κ2) is 6.59. The van der Waals surface area contributed by atoms with Gasteiger partial charge in [-0.15, -0.1) is 0 Å². The van der Waals surface area contributed by atoms with Gasteiger partial charge in [-0.2, -0.15) is 0 Å². The van der Waals surface area contributed by atoms with Crippen LogP contribution in [0, 0.1) is 0 Å². The number of rotatable bonds is 4. The first-order valence-electron chi connectivity index (χ1n) is 7.24. The third-order valence-electron chi connectivity index (χ3n) is 3.77. The van der Waals surface area contributed by atoms with E-state index in [9.17, 15) is 0 Å². The summed E-state index contributed by atoms with van der Waals surface area (Å²) in [4.78, 5) is 2.44. The Labute approximate surface area is 135 Å². The predicted octanol–water partition coefficient (Wildman–Crippen LogP) is 5.21. The molecule has 0 spiro atoms. The van der Waals surface area contributed by atoms with Gasteiger partial charge in [-0.05, 0) is 48.7 Å². The molecule has 110 valence electrons. The summed E-state index contributed by atoms with van der Waals surface area (Å²) in [6.07, 6.45) is 2.61. The zero-order chi connectivity index (χ0) is 14.7. The second-order valence-electron chi connectivity index (χ2n) is 5.37. The highest BCUT2D eigenvalue weighted by Crippen LogP contribution is 2.24. The number of benzene rings is 2. The largest absolute Gasteiger partial charge is 0.381 e. The highest BCUT2D eigenvalue weighted by molar-refractivity contribution is 6.35. The summed E-state index contributed by atoms with van der Waals surface area (Å²) in [6.45, 7) is 3.12. The molecule has 0 amide bonds. The number of hydrogen-bond acceptors (Lipinski definition) is 2. The van der Waals surface area contributed by atoms with Crippen molar-refractivity contribution in [1.29, 1.82) is 0 Å². The van der Waals surface area contributed by atoms with E-state index in [4.69, 9.17) is 23.2 Å². The van der Waals surface area contributed by atoms with Gasteiger partial charge in [0.25, 0.3) is 0 Å². The van der Waals surface area contributed by atoms with Crippen molar-refractivity contribution in [2.24, 2.45) is 0 Å². The van der Waals surface area contributed by atoms with Gasteiger partial charge in [0.05, 0.1) is 0 Å². The molecule has 1 saturated heterocycles. The van der Waals surface area contributed by atoms with E-state index in [-0.39, 0.29) is 0 Å². The fraction of sp³-hybridized carbons (Fsp3) is 0.294. The Morgan fingerprint density at radius 3 is 2.14 bits per heavy atom. The summed E-state index contributed by atoms with van der Waals surface area (Å²) in [5.74, 6) is 0.